The molecule has 108 valence electrons. The normalized spacial score (nSPS) is 11.6. The summed E-state index contributed by atoms with van der Waals surface area (Å²) >= 11 is 1.53. The van der Waals surface area contributed by atoms with Crippen molar-refractivity contribution in [2.45, 2.75) is 13.1 Å². The number of nitrogens with zero attached hydrogens (tertiary/aromatic N) is 1. The Morgan fingerprint density at radius 2 is 1.95 bits per heavy atom. The van der Waals surface area contributed by atoms with E-state index in [1.165, 1.54) is 11.3 Å². The summed E-state index contributed by atoms with van der Waals surface area (Å²) in [6.45, 7) is 1.33. The number of benzene rings is 1. The molecule has 0 aliphatic rings. The molecule has 0 aliphatic heterocycles. The van der Waals surface area contributed by atoms with Crippen LogP contribution in [0.15, 0.2) is 41.2 Å². The van der Waals surface area contributed by atoms with Crippen LogP contribution in [-0.2, 0) is 23.1 Å². The molecule has 5 nitrogen and oxygen atoms in total. The number of thiazole rings is 1. The van der Waals surface area contributed by atoms with Gasteiger partial charge in [-0.05, 0) is 5.56 Å². The second-order valence-corrected chi connectivity index (χ2v) is 6.93. The van der Waals surface area contributed by atoms with Gasteiger partial charge < -0.3 is 5.32 Å². The van der Waals surface area contributed by atoms with E-state index in [-0.39, 0.29) is 5.75 Å². The van der Waals surface area contributed by atoms with E-state index in [0.717, 1.165) is 11.3 Å². The molecule has 7 heteroatoms. The van der Waals surface area contributed by atoms with Crippen LogP contribution in [0.5, 0.6) is 0 Å². The summed E-state index contributed by atoms with van der Waals surface area (Å²) in [4.78, 5) is 4.12. The maximum Gasteiger partial charge on any atom is 0.213 e. The second-order valence-electron chi connectivity index (χ2n) is 4.28. The topological polar surface area (TPSA) is 71.1 Å². The highest BCUT2D eigenvalue weighted by Crippen LogP contribution is 2.00. The lowest BCUT2D eigenvalue weighted by Gasteiger charge is -2.07. The maximum atomic E-state index is 11.8. The van der Waals surface area contributed by atoms with E-state index in [0.29, 0.717) is 19.6 Å². The van der Waals surface area contributed by atoms with Gasteiger partial charge in [0, 0.05) is 25.0 Å². The summed E-state index contributed by atoms with van der Waals surface area (Å²) in [7, 11) is -3.25. The monoisotopic (exact) mass is 311 g/mol. The molecule has 0 bridgehead atoms. The Hall–Kier alpha value is -1.28. The molecule has 0 atom stereocenters. The smallest absolute Gasteiger partial charge is 0.213 e. The lowest BCUT2D eigenvalue weighted by Crippen LogP contribution is -2.31. The first kappa shape index (κ1) is 15.1. The summed E-state index contributed by atoms with van der Waals surface area (Å²) in [5.74, 6) is 0.0595. The van der Waals surface area contributed by atoms with Crippen LogP contribution in [0, 0.1) is 0 Å². The first-order valence-corrected chi connectivity index (χ1v) is 8.84. The summed E-state index contributed by atoms with van der Waals surface area (Å²) in [6, 6.07) is 9.46. The van der Waals surface area contributed by atoms with Crippen LogP contribution in [0.1, 0.15) is 11.3 Å². The van der Waals surface area contributed by atoms with Gasteiger partial charge in [-0.25, -0.2) is 18.1 Å². The van der Waals surface area contributed by atoms with Crippen molar-refractivity contribution >= 4 is 21.4 Å². The molecule has 0 radical (unpaired) electrons. The van der Waals surface area contributed by atoms with Gasteiger partial charge in [0.25, 0.3) is 0 Å². The maximum absolute atomic E-state index is 11.8. The SMILES string of the molecule is O=S(=O)(CCNCc1cscn1)NCc1ccccc1. The van der Waals surface area contributed by atoms with E-state index in [1.807, 2.05) is 35.7 Å². The minimum absolute atomic E-state index is 0.0595. The zero-order valence-electron chi connectivity index (χ0n) is 11.0. The average Bonchev–Trinajstić information content (AvgIpc) is 2.96. The molecule has 0 spiro atoms. The third-order valence-corrected chi connectivity index (χ3v) is 4.64. The largest absolute Gasteiger partial charge is 0.310 e. The number of sulfonamides is 1. The van der Waals surface area contributed by atoms with Gasteiger partial charge in [-0.2, -0.15) is 0 Å². The lowest BCUT2D eigenvalue weighted by molar-refractivity contribution is 0.576. The van der Waals surface area contributed by atoms with E-state index in [2.05, 4.69) is 15.0 Å². The Morgan fingerprint density at radius 3 is 2.65 bits per heavy atom. The fraction of sp³-hybridized carbons (Fsp3) is 0.308. The van der Waals surface area contributed by atoms with Crippen LogP contribution in [0.4, 0.5) is 0 Å². The first-order chi connectivity index (χ1) is 9.66. The number of aromatic nitrogens is 1. The Kier molecular flexibility index (Phi) is 5.66. The van der Waals surface area contributed by atoms with Gasteiger partial charge >= 0.3 is 0 Å². The lowest BCUT2D eigenvalue weighted by atomic mass is 10.2. The fourth-order valence-electron chi connectivity index (χ4n) is 1.61. The number of rotatable bonds is 8. The van der Waals surface area contributed by atoms with Gasteiger partial charge in [0.15, 0.2) is 0 Å². The highest BCUT2D eigenvalue weighted by Gasteiger charge is 2.09. The minimum atomic E-state index is -3.25. The molecule has 2 N–H and O–H groups in total. The molecule has 0 amide bonds. The molecule has 2 rings (SSSR count). The highest BCUT2D eigenvalue weighted by atomic mass is 32.2. The number of nitrogens with one attached hydrogen (secondary N) is 2. The van der Waals surface area contributed by atoms with Crippen molar-refractivity contribution in [2.24, 2.45) is 0 Å². The van der Waals surface area contributed by atoms with Gasteiger partial charge in [-0.3, -0.25) is 0 Å². The van der Waals surface area contributed by atoms with Crippen molar-refractivity contribution in [3.8, 4) is 0 Å². The highest BCUT2D eigenvalue weighted by molar-refractivity contribution is 7.89. The van der Waals surface area contributed by atoms with Gasteiger partial charge in [0.1, 0.15) is 0 Å². The fourth-order valence-corrected chi connectivity index (χ4v) is 3.11. The third-order valence-electron chi connectivity index (χ3n) is 2.68. The molecule has 1 heterocycles. The van der Waals surface area contributed by atoms with E-state index >= 15 is 0 Å². The van der Waals surface area contributed by atoms with Crippen molar-refractivity contribution in [1.82, 2.24) is 15.0 Å². The van der Waals surface area contributed by atoms with Crippen molar-refractivity contribution in [3.63, 3.8) is 0 Å². The predicted octanol–water partition coefficient (Wildman–Crippen LogP) is 1.35. The van der Waals surface area contributed by atoms with Gasteiger partial charge in [0.05, 0.1) is 17.0 Å². The van der Waals surface area contributed by atoms with E-state index in [1.54, 1.807) is 5.51 Å². The van der Waals surface area contributed by atoms with Crippen molar-refractivity contribution in [3.05, 3.63) is 52.5 Å². The standard InChI is InChI=1S/C13H17N3O2S2/c17-20(18,16-8-12-4-2-1-3-5-12)7-6-14-9-13-10-19-11-15-13/h1-5,10-11,14,16H,6-9H2. The van der Waals surface area contributed by atoms with Crippen LogP contribution in [0.2, 0.25) is 0 Å². The Labute approximate surface area is 123 Å². The zero-order chi connectivity index (χ0) is 14.3. The van der Waals surface area contributed by atoms with Crippen LogP contribution in [0.3, 0.4) is 0 Å². The molecule has 0 aliphatic carbocycles. The zero-order valence-corrected chi connectivity index (χ0v) is 12.6. The number of hydrogen-bond acceptors (Lipinski definition) is 5. The Balaban J connectivity index is 1.68. The van der Waals surface area contributed by atoms with Crippen molar-refractivity contribution in [1.29, 1.82) is 0 Å². The van der Waals surface area contributed by atoms with Crippen molar-refractivity contribution < 1.29 is 8.42 Å². The molecule has 1 aromatic heterocycles. The molecular weight excluding hydrogens is 294 g/mol. The van der Waals surface area contributed by atoms with Crippen molar-refractivity contribution in [2.75, 3.05) is 12.3 Å². The summed E-state index contributed by atoms with van der Waals surface area (Å²) < 4.78 is 26.2. The molecular formula is C13H17N3O2S2. The van der Waals surface area contributed by atoms with Gasteiger partial charge in [0.2, 0.25) is 10.0 Å². The molecule has 0 fully saturated rings. The van der Waals surface area contributed by atoms with E-state index in [9.17, 15) is 8.42 Å². The summed E-state index contributed by atoms with van der Waals surface area (Å²) in [5.41, 5.74) is 3.64. The quantitative estimate of drug-likeness (QED) is 0.722. The molecule has 0 saturated carbocycles. The van der Waals surface area contributed by atoms with Crippen LogP contribution >= 0.6 is 11.3 Å². The third kappa shape index (κ3) is 5.38. The van der Waals surface area contributed by atoms with E-state index in [4.69, 9.17) is 0 Å². The molecule has 20 heavy (non-hydrogen) atoms. The Bertz CT molecular complexity index is 598. The summed E-state index contributed by atoms with van der Waals surface area (Å²) in [6.07, 6.45) is 0. The molecule has 0 unspecified atom stereocenters. The molecule has 0 saturated heterocycles. The van der Waals surface area contributed by atoms with Crippen LogP contribution in [-0.4, -0.2) is 25.7 Å². The predicted molar refractivity (Wildman–Crippen MR) is 80.9 cm³/mol. The van der Waals surface area contributed by atoms with Gasteiger partial charge in [-0.15, -0.1) is 11.3 Å². The second kappa shape index (κ2) is 7.49. The minimum Gasteiger partial charge on any atom is -0.310 e. The van der Waals surface area contributed by atoms with Crippen LogP contribution < -0.4 is 10.0 Å². The molecule has 2 aromatic rings. The van der Waals surface area contributed by atoms with Crippen LogP contribution in [0.25, 0.3) is 0 Å². The Morgan fingerprint density at radius 1 is 1.15 bits per heavy atom. The first-order valence-electron chi connectivity index (χ1n) is 6.25. The average molecular weight is 311 g/mol. The summed E-state index contributed by atoms with van der Waals surface area (Å²) in [5, 5.41) is 5.01. The van der Waals surface area contributed by atoms with E-state index < -0.39 is 10.0 Å². The molecule has 1 aromatic carbocycles. The van der Waals surface area contributed by atoms with Gasteiger partial charge in [-0.1, -0.05) is 30.3 Å². The number of hydrogen-bond donors (Lipinski definition) is 2.